The zero-order valence-corrected chi connectivity index (χ0v) is 8.32. The monoisotopic (exact) mass is 193 g/mol. The Kier molecular flexibility index (Phi) is 4.13. The second kappa shape index (κ2) is 5.40. The summed E-state index contributed by atoms with van der Waals surface area (Å²) in [6, 6.07) is 7.13. The molecule has 0 saturated carbocycles. The summed E-state index contributed by atoms with van der Waals surface area (Å²) in [7, 11) is 1.60. The lowest BCUT2D eigenvalue weighted by Gasteiger charge is -2.02. The van der Waals surface area contributed by atoms with Crippen LogP contribution in [0.5, 0.6) is 5.75 Å². The highest BCUT2D eigenvalue weighted by atomic mass is 16.5. The van der Waals surface area contributed by atoms with E-state index in [0.717, 1.165) is 17.7 Å². The van der Waals surface area contributed by atoms with Crippen molar-refractivity contribution in [1.29, 1.82) is 0 Å². The summed E-state index contributed by atoms with van der Waals surface area (Å²) in [5.41, 5.74) is 6.05. The summed E-state index contributed by atoms with van der Waals surface area (Å²) in [5.74, 6) is 0.901. The number of Topliss-reactive ketones (excluding diaryl/α,β-unsaturated/α-hetero) is 1. The Morgan fingerprint density at radius 3 is 2.50 bits per heavy atom. The summed E-state index contributed by atoms with van der Waals surface area (Å²) in [6.07, 6.45) is 1.26. The fourth-order valence-corrected chi connectivity index (χ4v) is 1.18. The van der Waals surface area contributed by atoms with Crippen LogP contribution in [0.15, 0.2) is 24.3 Å². The number of carbonyl (C=O) groups excluding carboxylic acids is 1. The van der Waals surface area contributed by atoms with Gasteiger partial charge in [-0.2, -0.15) is 0 Å². The molecule has 0 aliphatic heterocycles. The molecule has 1 aromatic carbocycles. The average Bonchev–Trinajstić information content (AvgIpc) is 2.26. The summed E-state index contributed by atoms with van der Waals surface area (Å²) in [5, 5.41) is 0. The third kappa shape index (κ3) is 2.85. The van der Waals surface area contributed by atoms with Crippen LogP contribution in [0, 0.1) is 0 Å². The zero-order chi connectivity index (χ0) is 10.4. The van der Waals surface area contributed by atoms with Gasteiger partial charge in [0.15, 0.2) is 5.78 Å². The number of benzene rings is 1. The first-order chi connectivity index (χ1) is 6.77. The molecule has 0 aromatic heterocycles. The van der Waals surface area contributed by atoms with E-state index in [1.54, 1.807) is 31.4 Å². The molecule has 14 heavy (non-hydrogen) atoms. The van der Waals surface area contributed by atoms with E-state index in [1.807, 2.05) is 0 Å². The van der Waals surface area contributed by atoms with Crippen molar-refractivity contribution in [2.45, 2.75) is 12.8 Å². The van der Waals surface area contributed by atoms with Gasteiger partial charge < -0.3 is 10.5 Å². The Morgan fingerprint density at radius 2 is 2.00 bits per heavy atom. The fraction of sp³-hybridized carbons (Fsp3) is 0.364. The van der Waals surface area contributed by atoms with Gasteiger partial charge in [-0.05, 0) is 37.2 Å². The van der Waals surface area contributed by atoms with Gasteiger partial charge >= 0.3 is 0 Å². The minimum Gasteiger partial charge on any atom is -0.497 e. The van der Waals surface area contributed by atoms with Gasteiger partial charge in [0.25, 0.3) is 0 Å². The molecule has 0 amide bonds. The van der Waals surface area contributed by atoms with Crippen LogP contribution in [0.25, 0.3) is 0 Å². The maximum Gasteiger partial charge on any atom is 0.162 e. The normalized spacial score (nSPS) is 9.86. The van der Waals surface area contributed by atoms with Crippen LogP contribution in [0.4, 0.5) is 0 Å². The van der Waals surface area contributed by atoms with E-state index in [0.29, 0.717) is 13.0 Å². The highest BCUT2D eigenvalue weighted by molar-refractivity contribution is 5.96. The predicted octanol–water partition coefficient (Wildman–Crippen LogP) is 1.62. The predicted molar refractivity (Wildman–Crippen MR) is 55.6 cm³/mol. The van der Waals surface area contributed by atoms with Crippen molar-refractivity contribution in [3.63, 3.8) is 0 Å². The second-order valence-corrected chi connectivity index (χ2v) is 3.04. The molecule has 1 rings (SSSR count). The minimum atomic E-state index is 0.137. The third-order valence-electron chi connectivity index (χ3n) is 2.02. The van der Waals surface area contributed by atoms with E-state index in [4.69, 9.17) is 10.5 Å². The number of nitrogens with two attached hydrogens (primary N) is 1. The molecule has 0 spiro atoms. The molecule has 0 saturated heterocycles. The fourth-order valence-electron chi connectivity index (χ4n) is 1.18. The van der Waals surface area contributed by atoms with Crippen LogP contribution < -0.4 is 10.5 Å². The lowest BCUT2D eigenvalue weighted by molar-refractivity contribution is 0.0981. The molecule has 0 aliphatic carbocycles. The molecular formula is C11H15NO2. The number of hydrogen-bond acceptors (Lipinski definition) is 3. The first-order valence-corrected chi connectivity index (χ1v) is 4.65. The van der Waals surface area contributed by atoms with Crippen molar-refractivity contribution in [2.24, 2.45) is 5.73 Å². The highest BCUT2D eigenvalue weighted by Crippen LogP contribution is 2.12. The summed E-state index contributed by atoms with van der Waals surface area (Å²) >= 11 is 0. The molecule has 76 valence electrons. The molecule has 0 atom stereocenters. The van der Waals surface area contributed by atoms with Crippen molar-refractivity contribution in [3.05, 3.63) is 29.8 Å². The Hall–Kier alpha value is -1.35. The minimum absolute atomic E-state index is 0.137. The molecule has 3 nitrogen and oxygen atoms in total. The average molecular weight is 193 g/mol. The second-order valence-electron chi connectivity index (χ2n) is 3.04. The first kappa shape index (κ1) is 10.7. The SMILES string of the molecule is COc1ccc(C(=O)CCCN)cc1. The highest BCUT2D eigenvalue weighted by Gasteiger charge is 2.04. The molecule has 0 aliphatic rings. The van der Waals surface area contributed by atoms with Gasteiger partial charge in [0, 0.05) is 12.0 Å². The van der Waals surface area contributed by atoms with E-state index in [-0.39, 0.29) is 5.78 Å². The standard InChI is InChI=1S/C11H15NO2/c1-14-10-6-4-9(5-7-10)11(13)3-2-8-12/h4-7H,2-3,8,12H2,1H3. The number of ether oxygens (including phenoxy) is 1. The Morgan fingerprint density at radius 1 is 1.36 bits per heavy atom. The molecular weight excluding hydrogens is 178 g/mol. The molecule has 0 radical (unpaired) electrons. The molecule has 0 fully saturated rings. The smallest absolute Gasteiger partial charge is 0.162 e. The van der Waals surface area contributed by atoms with Crippen LogP contribution in [-0.4, -0.2) is 19.4 Å². The van der Waals surface area contributed by atoms with Crippen LogP contribution in [-0.2, 0) is 0 Å². The zero-order valence-electron chi connectivity index (χ0n) is 8.32. The van der Waals surface area contributed by atoms with E-state index in [9.17, 15) is 4.79 Å². The maximum atomic E-state index is 11.5. The van der Waals surface area contributed by atoms with E-state index in [1.165, 1.54) is 0 Å². The molecule has 3 heteroatoms. The molecule has 0 heterocycles. The summed E-state index contributed by atoms with van der Waals surface area (Å²) in [6.45, 7) is 0.557. The Balaban J connectivity index is 2.62. The number of hydrogen-bond donors (Lipinski definition) is 1. The van der Waals surface area contributed by atoms with Gasteiger partial charge in [-0.25, -0.2) is 0 Å². The quantitative estimate of drug-likeness (QED) is 0.723. The molecule has 1 aromatic rings. The van der Waals surface area contributed by atoms with E-state index < -0.39 is 0 Å². The number of methoxy groups -OCH3 is 1. The van der Waals surface area contributed by atoms with Crippen molar-refractivity contribution in [3.8, 4) is 5.75 Å². The van der Waals surface area contributed by atoms with E-state index >= 15 is 0 Å². The van der Waals surface area contributed by atoms with E-state index in [2.05, 4.69) is 0 Å². The van der Waals surface area contributed by atoms with Crippen LogP contribution in [0.3, 0.4) is 0 Å². The van der Waals surface area contributed by atoms with Gasteiger partial charge in [-0.15, -0.1) is 0 Å². The first-order valence-electron chi connectivity index (χ1n) is 4.65. The summed E-state index contributed by atoms with van der Waals surface area (Å²) in [4.78, 5) is 11.5. The van der Waals surface area contributed by atoms with Gasteiger partial charge in [-0.3, -0.25) is 4.79 Å². The van der Waals surface area contributed by atoms with Crippen molar-refractivity contribution in [2.75, 3.05) is 13.7 Å². The van der Waals surface area contributed by atoms with Gasteiger partial charge in [-0.1, -0.05) is 0 Å². The Bertz CT molecular complexity index is 293. The maximum absolute atomic E-state index is 11.5. The largest absolute Gasteiger partial charge is 0.497 e. The summed E-state index contributed by atoms with van der Waals surface area (Å²) < 4.78 is 5.00. The van der Waals surface area contributed by atoms with Crippen LogP contribution in [0.1, 0.15) is 23.2 Å². The topological polar surface area (TPSA) is 52.3 Å². The van der Waals surface area contributed by atoms with Crippen LogP contribution >= 0.6 is 0 Å². The van der Waals surface area contributed by atoms with Crippen molar-refractivity contribution in [1.82, 2.24) is 0 Å². The van der Waals surface area contributed by atoms with Crippen molar-refractivity contribution >= 4 is 5.78 Å². The van der Waals surface area contributed by atoms with Crippen molar-refractivity contribution < 1.29 is 9.53 Å². The third-order valence-corrected chi connectivity index (χ3v) is 2.02. The van der Waals surface area contributed by atoms with Gasteiger partial charge in [0.1, 0.15) is 5.75 Å². The molecule has 0 unspecified atom stereocenters. The number of carbonyl (C=O) groups is 1. The van der Waals surface area contributed by atoms with Crippen LogP contribution in [0.2, 0.25) is 0 Å². The lowest BCUT2D eigenvalue weighted by Crippen LogP contribution is -2.04. The molecule has 0 bridgehead atoms. The van der Waals surface area contributed by atoms with Gasteiger partial charge in [0.2, 0.25) is 0 Å². The van der Waals surface area contributed by atoms with Gasteiger partial charge in [0.05, 0.1) is 7.11 Å². The molecule has 2 N–H and O–H groups in total. The Labute approximate surface area is 83.9 Å². The number of ketones is 1. The number of rotatable bonds is 5. The lowest BCUT2D eigenvalue weighted by atomic mass is 10.1.